The number of hydrogen-bond donors (Lipinski definition) is 2. The van der Waals surface area contributed by atoms with E-state index in [1.54, 1.807) is 65.7 Å². The number of nitrogens with zero attached hydrogens (tertiary/aromatic N) is 4. The number of benzene rings is 1. The summed E-state index contributed by atoms with van der Waals surface area (Å²) in [7, 11) is 0. The number of carbonyl (C=O) groups excluding carboxylic acids is 2. The minimum atomic E-state index is -0.332. The Morgan fingerprint density at radius 2 is 1.70 bits per heavy atom. The minimum absolute atomic E-state index is 0.0546. The van der Waals surface area contributed by atoms with Gasteiger partial charge in [0.2, 0.25) is 0 Å². The summed E-state index contributed by atoms with van der Waals surface area (Å²) < 4.78 is 7.50. The Hall–Kier alpha value is -4.79. The van der Waals surface area contributed by atoms with Crippen LogP contribution in [0.4, 0.5) is 11.4 Å². The molecule has 0 spiro atoms. The van der Waals surface area contributed by atoms with Crippen molar-refractivity contribution in [2.75, 3.05) is 10.6 Å². The quantitative estimate of drug-likeness (QED) is 0.309. The normalized spacial score (nSPS) is 11.2. The van der Waals surface area contributed by atoms with Crippen molar-refractivity contribution < 1.29 is 14.0 Å². The number of anilines is 2. The zero-order valence-corrected chi connectivity index (χ0v) is 20.9. The molecule has 0 radical (unpaired) electrons. The second-order valence-electron chi connectivity index (χ2n) is 9.03. The van der Waals surface area contributed by atoms with E-state index in [4.69, 9.17) is 9.40 Å². The van der Waals surface area contributed by atoms with Crippen LogP contribution < -0.4 is 10.6 Å². The van der Waals surface area contributed by atoms with Crippen LogP contribution in [-0.2, 0) is 0 Å². The molecule has 0 atom stereocenters. The number of furan rings is 1. The van der Waals surface area contributed by atoms with Crippen LogP contribution in [0.5, 0.6) is 0 Å². The standard InChI is InChI=1S/C28H26N6O3/c1-16(2)34-26-24(15-30-34)23(14-25(33-26)22-12-17(3)37-18(22)4)28(36)32-21-7-5-6-19(13-21)27(35)31-20-8-10-29-11-9-20/h5-16H,1-4H3,(H,32,36)(H,29,31,35). The number of pyridine rings is 2. The molecule has 1 aromatic carbocycles. The van der Waals surface area contributed by atoms with Gasteiger partial charge in [0.15, 0.2) is 5.65 Å². The van der Waals surface area contributed by atoms with Gasteiger partial charge in [-0.3, -0.25) is 14.6 Å². The summed E-state index contributed by atoms with van der Waals surface area (Å²) in [5.41, 5.74) is 4.02. The summed E-state index contributed by atoms with van der Waals surface area (Å²) in [6, 6.07) is 13.9. The van der Waals surface area contributed by atoms with Gasteiger partial charge in [-0.15, -0.1) is 0 Å². The first-order valence-electron chi connectivity index (χ1n) is 11.9. The zero-order valence-electron chi connectivity index (χ0n) is 20.9. The average Bonchev–Trinajstić information content (AvgIpc) is 3.46. The third-order valence-corrected chi connectivity index (χ3v) is 5.94. The SMILES string of the molecule is Cc1cc(-c2cc(C(=O)Nc3cccc(C(=O)Nc4ccncc4)c3)c3cnn(C(C)C)c3n2)c(C)o1. The summed E-state index contributed by atoms with van der Waals surface area (Å²) in [5.74, 6) is 0.861. The summed E-state index contributed by atoms with van der Waals surface area (Å²) in [6.45, 7) is 7.77. The minimum Gasteiger partial charge on any atom is -0.466 e. The number of hydrogen-bond acceptors (Lipinski definition) is 6. The van der Waals surface area contributed by atoms with Gasteiger partial charge in [-0.1, -0.05) is 6.07 Å². The summed E-state index contributed by atoms with van der Waals surface area (Å²) in [4.78, 5) is 35.1. The highest BCUT2D eigenvalue weighted by Gasteiger charge is 2.21. The second kappa shape index (κ2) is 9.69. The molecule has 0 aliphatic heterocycles. The van der Waals surface area contributed by atoms with Crippen molar-refractivity contribution in [1.82, 2.24) is 19.7 Å². The molecule has 5 aromatic rings. The van der Waals surface area contributed by atoms with Crippen molar-refractivity contribution in [3.05, 3.63) is 89.8 Å². The Kier molecular flexibility index (Phi) is 6.27. The van der Waals surface area contributed by atoms with Gasteiger partial charge in [0.05, 0.1) is 22.8 Å². The molecule has 0 fully saturated rings. The van der Waals surface area contributed by atoms with Crippen LogP contribution in [0.3, 0.4) is 0 Å². The Labute approximate surface area is 213 Å². The van der Waals surface area contributed by atoms with Gasteiger partial charge in [0, 0.05) is 40.9 Å². The maximum Gasteiger partial charge on any atom is 0.256 e. The maximum absolute atomic E-state index is 13.5. The first-order chi connectivity index (χ1) is 17.8. The largest absolute Gasteiger partial charge is 0.466 e. The van der Waals surface area contributed by atoms with E-state index < -0.39 is 0 Å². The molecule has 0 saturated heterocycles. The number of amides is 2. The van der Waals surface area contributed by atoms with Crippen molar-refractivity contribution in [2.45, 2.75) is 33.7 Å². The smallest absolute Gasteiger partial charge is 0.256 e. The predicted molar refractivity (Wildman–Crippen MR) is 142 cm³/mol. The molecule has 4 aromatic heterocycles. The highest BCUT2D eigenvalue weighted by molar-refractivity contribution is 6.13. The molecule has 0 aliphatic carbocycles. The predicted octanol–water partition coefficient (Wildman–Crippen LogP) is 5.79. The van der Waals surface area contributed by atoms with Crippen LogP contribution >= 0.6 is 0 Å². The lowest BCUT2D eigenvalue weighted by Crippen LogP contribution is -2.15. The van der Waals surface area contributed by atoms with Gasteiger partial charge < -0.3 is 15.1 Å². The van der Waals surface area contributed by atoms with E-state index in [1.165, 1.54) is 0 Å². The Bertz CT molecular complexity index is 1620. The molecule has 37 heavy (non-hydrogen) atoms. The second-order valence-corrected chi connectivity index (χ2v) is 9.03. The van der Waals surface area contributed by atoms with Crippen molar-refractivity contribution in [1.29, 1.82) is 0 Å². The van der Waals surface area contributed by atoms with Gasteiger partial charge in [-0.25, -0.2) is 9.67 Å². The molecule has 5 rings (SSSR count). The van der Waals surface area contributed by atoms with E-state index in [2.05, 4.69) is 20.7 Å². The highest BCUT2D eigenvalue weighted by atomic mass is 16.3. The van der Waals surface area contributed by atoms with E-state index in [0.717, 1.165) is 17.1 Å². The Morgan fingerprint density at radius 1 is 0.946 bits per heavy atom. The third-order valence-electron chi connectivity index (χ3n) is 5.94. The van der Waals surface area contributed by atoms with Crippen LogP contribution in [0.15, 0.2) is 71.5 Å². The lowest BCUT2D eigenvalue weighted by Gasteiger charge is -2.11. The van der Waals surface area contributed by atoms with E-state index in [-0.39, 0.29) is 17.9 Å². The fraction of sp³-hybridized carbons (Fsp3) is 0.179. The first kappa shape index (κ1) is 23.9. The molecule has 0 aliphatic rings. The third kappa shape index (κ3) is 4.84. The van der Waals surface area contributed by atoms with Crippen LogP contribution in [0.25, 0.3) is 22.3 Å². The molecular weight excluding hydrogens is 468 g/mol. The fourth-order valence-electron chi connectivity index (χ4n) is 4.18. The summed E-state index contributed by atoms with van der Waals surface area (Å²) in [5, 5.41) is 10.9. The zero-order chi connectivity index (χ0) is 26.1. The van der Waals surface area contributed by atoms with Crippen molar-refractivity contribution in [3.63, 3.8) is 0 Å². The molecule has 0 unspecified atom stereocenters. The molecule has 2 amide bonds. The number of aryl methyl sites for hydroxylation is 2. The van der Waals surface area contributed by atoms with E-state index in [1.807, 2.05) is 33.8 Å². The van der Waals surface area contributed by atoms with E-state index in [9.17, 15) is 9.59 Å². The number of fused-ring (bicyclic) bond motifs is 1. The van der Waals surface area contributed by atoms with Crippen LogP contribution in [-0.4, -0.2) is 31.6 Å². The Morgan fingerprint density at radius 3 is 2.41 bits per heavy atom. The molecule has 9 nitrogen and oxygen atoms in total. The molecule has 0 saturated carbocycles. The average molecular weight is 495 g/mol. The van der Waals surface area contributed by atoms with E-state index >= 15 is 0 Å². The van der Waals surface area contributed by atoms with Crippen LogP contribution in [0, 0.1) is 13.8 Å². The molecular formula is C28H26N6O3. The molecule has 4 heterocycles. The van der Waals surface area contributed by atoms with Gasteiger partial charge >= 0.3 is 0 Å². The number of nitrogens with one attached hydrogen (secondary N) is 2. The van der Waals surface area contributed by atoms with E-state index in [0.29, 0.717) is 39.2 Å². The maximum atomic E-state index is 13.5. The molecule has 0 bridgehead atoms. The van der Waals surface area contributed by atoms with Crippen LogP contribution in [0.1, 0.15) is 52.1 Å². The van der Waals surface area contributed by atoms with Gasteiger partial charge in [0.1, 0.15) is 11.5 Å². The number of rotatable bonds is 6. The Balaban J connectivity index is 1.49. The summed E-state index contributed by atoms with van der Waals surface area (Å²) >= 11 is 0. The number of carbonyl (C=O) groups is 2. The topological polar surface area (TPSA) is 115 Å². The van der Waals surface area contributed by atoms with Gasteiger partial charge in [-0.05, 0) is 70.2 Å². The molecule has 186 valence electrons. The van der Waals surface area contributed by atoms with Crippen LogP contribution in [0.2, 0.25) is 0 Å². The monoisotopic (exact) mass is 494 g/mol. The van der Waals surface area contributed by atoms with Crippen molar-refractivity contribution >= 4 is 34.2 Å². The van der Waals surface area contributed by atoms with Crippen molar-refractivity contribution in [2.24, 2.45) is 0 Å². The van der Waals surface area contributed by atoms with Crippen molar-refractivity contribution in [3.8, 4) is 11.3 Å². The number of aromatic nitrogens is 4. The molecule has 2 N–H and O–H groups in total. The van der Waals surface area contributed by atoms with Gasteiger partial charge in [0.25, 0.3) is 11.8 Å². The molecule has 9 heteroatoms. The lowest BCUT2D eigenvalue weighted by molar-refractivity contribution is 0.101. The fourth-order valence-corrected chi connectivity index (χ4v) is 4.18. The van der Waals surface area contributed by atoms with Gasteiger partial charge in [-0.2, -0.15) is 5.10 Å². The first-order valence-corrected chi connectivity index (χ1v) is 11.9. The lowest BCUT2D eigenvalue weighted by atomic mass is 10.1. The highest BCUT2D eigenvalue weighted by Crippen LogP contribution is 2.30. The summed E-state index contributed by atoms with van der Waals surface area (Å²) in [6.07, 6.45) is 4.86.